The van der Waals surface area contributed by atoms with Crippen molar-refractivity contribution in [2.45, 2.75) is 38.1 Å². The summed E-state index contributed by atoms with van der Waals surface area (Å²) in [6, 6.07) is 12.3. The molecule has 1 aliphatic carbocycles. The van der Waals surface area contributed by atoms with Crippen LogP contribution in [0.25, 0.3) is 22.2 Å². The van der Waals surface area contributed by atoms with Crippen LogP contribution in [0.1, 0.15) is 42.5 Å². The topological polar surface area (TPSA) is 46.9 Å². The van der Waals surface area contributed by atoms with Gasteiger partial charge in [0.2, 0.25) is 0 Å². The fourth-order valence-electron chi connectivity index (χ4n) is 3.75. The molecule has 0 aliphatic heterocycles. The molecule has 1 N–H and O–H groups in total. The summed E-state index contributed by atoms with van der Waals surface area (Å²) in [4.78, 5) is 12.4. The smallest absolute Gasteiger partial charge is 0.251 e. The van der Waals surface area contributed by atoms with Gasteiger partial charge in [0.25, 0.3) is 5.91 Å². The first kappa shape index (κ1) is 16.8. The van der Waals surface area contributed by atoms with Crippen molar-refractivity contribution in [2.75, 3.05) is 0 Å². The number of halogens is 1. The third-order valence-corrected chi connectivity index (χ3v) is 5.17. The first-order valence-corrected chi connectivity index (χ1v) is 9.15. The maximum atomic E-state index is 13.6. The minimum atomic E-state index is -0.282. The molecule has 3 aromatic rings. The average molecular weight is 351 g/mol. The zero-order valence-electron chi connectivity index (χ0n) is 14.8. The number of aromatic nitrogens is 2. The lowest BCUT2D eigenvalue weighted by atomic mass is 9.95. The van der Waals surface area contributed by atoms with Gasteiger partial charge in [0.1, 0.15) is 11.5 Å². The lowest BCUT2D eigenvalue weighted by Gasteiger charge is -2.22. The first-order valence-electron chi connectivity index (χ1n) is 9.15. The molecule has 0 saturated heterocycles. The van der Waals surface area contributed by atoms with Crippen molar-refractivity contribution in [1.82, 2.24) is 15.1 Å². The predicted octanol–water partition coefficient (Wildman–Crippen LogP) is 4.44. The van der Waals surface area contributed by atoms with Crippen LogP contribution in [0.3, 0.4) is 0 Å². The highest BCUT2D eigenvalue weighted by Crippen LogP contribution is 2.28. The van der Waals surface area contributed by atoms with Gasteiger partial charge >= 0.3 is 0 Å². The van der Waals surface area contributed by atoms with E-state index in [4.69, 9.17) is 0 Å². The summed E-state index contributed by atoms with van der Waals surface area (Å²) in [6.07, 6.45) is 5.77. The number of aryl methyl sites for hydroxylation is 1. The van der Waals surface area contributed by atoms with E-state index >= 15 is 0 Å². The predicted molar refractivity (Wildman–Crippen MR) is 100 cm³/mol. The molecule has 1 heterocycles. The quantitative estimate of drug-likeness (QED) is 0.758. The van der Waals surface area contributed by atoms with Gasteiger partial charge in [-0.1, -0.05) is 31.4 Å². The Hall–Kier alpha value is -2.69. The van der Waals surface area contributed by atoms with Gasteiger partial charge in [-0.2, -0.15) is 5.10 Å². The molecule has 1 saturated carbocycles. The van der Waals surface area contributed by atoms with Crippen molar-refractivity contribution in [3.05, 3.63) is 53.8 Å². The molecule has 0 spiro atoms. The minimum absolute atomic E-state index is 0.0274. The van der Waals surface area contributed by atoms with E-state index < -0.39 is 0 Å². The lowest BCUT2D eigenvalue weighted by molar-refractivity contribution is 0.0927. The largest absolute Gasteiger partial charge is 0.349 e. The van der Waals surface area contributed by atoms with Crippen LogP contribution in [-0.2, 0) is 7.05 Å². The first-order chi connectivity index (χ1) is 12.6. The van der Waals surface area contributed by atoms with Crippen molar-refractivity contribution in [1.29, 1.82) is 0 Å². The van der Waals surface area contributed by atoms with Crippen molar-refractivity contribution in [3.8, 4) is 11.3 Å². The van der Waals surface area contributed by atoms with Gasteiger partial charge in [-0.05, 0) is 43.2 Å². The maximum absolute atomic E-state index is 13.6. The Morgan fingerprint density at radius 2 is 1.85 bits per heavy atom. The Kier molecular flexibility index (Phi) is 4.45. The molecule has 2 aromatic carbocycles. The van der Waals surface area contributed by atoms with Crippen LogP contribution in [0.2, 0.25) is 0 Å². The summed E-state index contributed by atoms with van der Waals surface area (Å²) in [5.41, 5.74) is 3.11. The molecule has 4 nitrogen and oxygen atoms in total. The van der Waals surface area contributed by atoms with Crippen molar-refractivity contribution >= 4 is 16.8 Å². The van der Waals surface area contributed by atoms with Crippen LogP contribution >= 0.6 is 0 Å². The van der Waals surface area contributed by atoms with Crippen LogP contribution in [0.5, 0.6) is 0 Å². The van der Waals surface area contributed by atoms with Crippen LogP contribution in [0.4, 0.5) is 4.39 Å². The van der Waals surface area contributed by atoms with Gasteiger partial charge < -0.3 is 5.32 Å². The third kappa shape index (κ3) is 3.21. The Morgan fingerprint density at radius 1 is 1.12 bits per heavy atom. The van der Waals surface area contributed by atoms with Crippen molar-refractivity contribution in [2.24, 2.45) is 7.05 Å². The van der Waals surface area contributed by atoms with Gasteiger partial charge in [-0.3, -0.25) is 9.48 Å². The van der Waals surface area contributed by atoms with E-state index in [1.165, 1.54) is 31.4 Å². The fourth-order valence-corrected chi connectivity index (χ4v) is 3.75. The Balaban J connectivity index is 1.58. The number of benzene rings is 2. The van der Waals surface area contributed by atoms with E-state index in [-0.39, 0.29) is 11.7 Å². The number of nitrogens with zero attached hydrogens (tertiary/aromatic N) is 2. The number of amides is 1. The summed E-state index contributed by atoms with van der Waals surface area (Å²) in [6.45, 7) is 0. The van der Waals surface area contributed by atoms with Crippen LogP contribution in [-0.4, -0.2) is 21.7 Å². The molecular formula is C21H22FN3O. The zero-order chi connectivity index (χ0) is 18.1. The molecule has 1 amide bonds. The molecule has 26 heavy (non-hydrogen) atoms. The van der Waals surface area contributed by atoms with Crippen LogP contribution in [0.15, 0.2) is 42.5 Å². The van der Waals surface area contributed by atoms with E-state index in [1.807, 2.05) is 31.3 Å². The number of hydrogen-bond donors (Lipinski definition) is 1. The van der Waals surface area contributed by atoms with Gasteiger partial charge in [-0.25, -0.2) is 4.39 Å². The molecule has 1 aliphatic rings. The van der Waals surface area contributed by atoms with E-state index in [0.29, 0.717) is 11.6 Å². The second-order valence-corrected chi connectivity index (χ2v) is 7.02. The van der Waals surface area contributed by atoms with Gasteiger partial charge in [-0.15, -0.1) is 0 Å². The van der Waals surface area contributed by atoms with Gasteiger partial charge in [0, 0.05) is 29.6 Å². The maximum Gasteiger partial charge on any atom is 0.251 e. The highest BCUT2D eigenvalue weighted by atomic mass is 19.1. The normalized spacial score (nSPS) is 15.3. The Bertz CT molecular complexity index is 940. The molecule has 0 atom stereocenters. The molecule has 1 aromatic heterocycles. The standard InChI is InChI=1S/C21H22FN3O/c1-25-19-12-11-16(22)13-18(19)20(24-25)14-7-9-15(10-8-14)21(26)23-17-5-3-2-4-6-17/h7-13,17H,2-6H2,1H3,(H,23,26). The second kappa shape index (κ2) is 6.90. The number of carbonyl (C=O) groups excluding carboxylic acids is 1. The summed E-state index contributed by atoms with van der Waals surface area (Å²) >= 11 is 0. The molecule has 0 radical (unpaired) electrons. The highest BCUT2D eigenvalue weighted by molar-refractivity contribution is 5.96. The van der Waals surface area contributed by atoms with E-state index in [9.17, 15) is 9.18 Å². The average Bonchev–Trinajstić information content (AvgIpc) is 2.98. The molecule has 0 unspecified atom stereocenters. The molecule has 0 bridgehead atoms. The molecule has 134 valence electrons. The summed E-state index contributed by atoms with van der Waals surface area (Å²) in [7, 11) is 1.84. The molecule has 4 rings (SSSR count). The number of fused-ring (bicyclic) bond motifs is 1. The van der Waals surface area contributed by atoms with E-state index in [1.54, 1.807) is 10.7 Å². The number of carbonyl (C=O) groups is 1. The highest BCUT2D eigenvalue weighted by Gasteiger charge is 2.17. The molecule has 1 fully saturated rings. The molecule has 5 heteroatoms. The SMILES string of the molecule is Cn1nc(-c2ccc(C(=O)NC3CCCCC3)cc2)c2cc(F)ccc21. The number of rotatable bonds is 3. The monoisotopic (exact) mass is 351 g/mol. The van der Waals surface area contributed by atoms with Crippen LogP contribution < -0.4 is 5.32 Å². The fraction of sp³-hybridized carbons (Fsp3) is 0.333. The number of hydrogen-bond acceptors (Lipinski definition) is 2. The Labute approximate surface area is 152 Å². The van der Waals surface area contributed by atoms with Gasteiger partial charge in [0.05, 0.1) is 5.52 Å². The van der Waals surface area contributed by atoms with Crippen LogP contribution in [0, 0.1) is 5.82 Å². The minimum Gasteiger partial charge on any atom is -0.349 e. The van der Waals surface area contributed by atoms with E-state index in [0.717, 1.165) is 35.0 Å². The molecular weight excluding hydrogens is 329 g/mol. The summed E-state index contributed by atoms with van der Waals surface area (Å²) in [5, 5.41) is 8.42. The summed E-state index contributed by atoms with van der Waals surface area (Å²) < 4.78 is 15.4. The van der Waals surface area contributed by atoms with E-state index in [2.05, 4.69) is 10.4 Å². The second-order valence-electron chi connectivity index (χ2n) is 7.02. The zero-order valence-corrected chi connectivity index (χ0v) is 14.8. The third-order valence-electron chi connectivity index (χ3n) is 5.17. The van der Waals surface area contributed by atoms with Crippen molar-refractivity contribution < 1.29 is 9.18 Å². The van der Waals surface area contributed by atoms with Crippen molar-refractivity contribution in [3.63, 3.8) is 0 Å². The van der Waals surface area contributed by atoms with Gasteiger partial charge in [0.15, 0.2) is 0 Å². The Morgan fingerprint density at radius 3 is 2.58 bits per heavy atom. The lowest BCUT2D eigenvalue weighted by Crippen LogP contribution is -2.36. The summed E-state index contributed by atoms with van der Waals surface area (Å²) in [5.74, 6) is -0.310. The number of nitrogens with one attached hydrogen (secondary N) is 1.